The maximum Gasteiger partial charge on any atom is 0.259 e. The standard InChI is InChI=1S/C18H15N3O3/c22-17(21-20-11-14-7-4-10-24-14)12-19-18(23)16-9-3-6-13-5-1-2-8-15(13)16/h1-11H,12H2,(H,19,23)(H,21,22)/b20-11+. The Morgan fingerprint density at radius 2 is 1.88 bits per heavy atom. The van der Waals surface area contributed by atoms with Gasteiger partial charge in [0.15, 0.2) is 0 Å². The van der Waals surface area contributed by atoms with Gasteiger partial charge in [-0.2, -0.15) is 5.10 Å². The van der Waals surface area contributed by atoms with Crippen molar-refractivity contribution in [2.75, 3.05) is 6.54 Å². The van der Waals surface area contributed by atoms with E-state index < -0.39 is 5.91 Å². The van der Waals surface area contributed by atoms with E-state index in [1.807, 2.05) is 36.4 Å². The molecule has 0 aliphatic carbocycles. The molecule has 3 rings (SSSR count). The highest BCUT2D eigenvalue weighted by Crippen LogP contribution is 2.18. The van der Waals surface area contributed by atoms with E-state index in [0.717, 1.165) is 10.8 Å². The average Bonchev–Trinajstić information content (AvgIpc) is 3.12. The Bertz CT molecular complexity index is 880. The number of rotatable bonds is 5. The summed E-state index contributed by atoms with van der Waals surface area (Å²) in [6, 6.07) is 16.5. The van der Waals surface area contributed by atoms with E-state index in [1.165, 1.54) is 12.5 Å². The second-order valence-electron chi connectivity index (χ2n) is 5.02. The summed E-state index contributed by atoms with van der Waals surface area (Å²) in [5.41, 5.74) is 2.85. The number of furan rings is 1. The molecule has 2 amide bonds. The van der Waals surface area contributed by atoms with E-state index in [2.05, 4.69) is 15.8 Å². The largest absolute Gasteiger partial charge is 0.463 e. The van der Waals surface area contributed by atoms with Gasteiger partial charge in [0.25, 0.3) is 11.8 Å². The Kier molecular flexibility index (Phi) is 4.67. The Labute approximate surface area is 138 Å². The molecule has 0 aliphatic heterocycles. The number of amides is 2. The highest BCUT2D eigenvalue weighted by molar-refractivity contribution is 6.07. The van der Waals surface area contributed by atoms with Gasteiger partial charge in [0.1, 0.15) is 5.76 Å². The molecule has 3 aromatic rings. The maximum atomic E-state index is 12.3. The Morgan fingerprint density at radius 3 is 2.71 bits per heavy atom. The van der Waals surface area contributed by atoms with Crippen molar-refractivity contribution >= 4 is 28.8 Å². The first-order valence-electron chi connectivity index (χ1n) is 7.35. The minimum absolute atomic E-state index is 0.169. The molecule has 6 nitrogen and oxygen atoms in total. The lowest BCUT2D eigenvalue weighted by atomic mass is 10.0. The summed E-state index contributed by atoms with van der Waals surface area (Å²) in [7, 11) is 0. The smallest absolute Gasteiger partial charge is 0.259 e. The Morgan fingerprint density at radius 1 is 1.04 bits per heavy atom. The zero-order chi connectivity index (χ0) is 16.8. The SMILES string of the molecule is O=C(CNC(=O)c1cccc2ccccc12)N/N=C/c1ccco1. The van der Waals surface area contributed by atoms with Crippen LogP contribution in [0.4, 0.5) is 0 Å². The predicted molar refractivity (Wildman–Crippen MR) is 90.7 cm³/mol. The number of carbonyl (C=O) groups is 2. The number of hydrogen-bond donors (Lipinski definition) is 2. The number of fused-ring (bicyclic) bond motifs is 1. The van der Waals surface area contributed by atoms with Crippen LogP contribution in [0.15, 0.2) is 70.4 Å². The van der Waals surface area contributed by atoms with Crippen LogP contribution < -0.4 is 10.7 Å². The summed E-state index contributed by atoms with van der Waals surface area (Å²) >= 11 is 0. The normalized spacial score (nSPS) is 10.8. The van der Waals surface area contributed by atoms with Crippen molar-refractivity contribution in [1.82, 2.24) is 10.7 Å². The number of benzene rings is 2. The van der Waals surface area contributed by atoms with Crippen LogP contribution in [-0.4, -0.2) is 24.6 Å². The van der Waals surface area contributed by atoms with Crippen molar-refractivity contribution in [1.29, 1.82) is 0 Å². The molecule has 0 atom stereocenters. The van der Waals surface area contributed by atoms with Crippen LogP contribution in [0.1, 0.15) is 16.1 Å². The molecule has 120 valence electrons. The molecule has 1 aromatic heterocycles. The van der Waals surface area contributed by atoms with E-state index >= 15 is 0 Å². The summed E-state index contributed by atoms with van der Waals surface area (Å²) in [5.74, 6) is -0.210. The van der Waals surface area contributed by atoms with Crippen molar-refractivity contribution in [3.63, 3.8) is 0 Å². The van der Waals surface area contributed by atoms with Gasteiger partial charge in [-0.05, 0) is 29.0 Å². The summed E-state index contributed by atoms with van der Waals surface area (Å²) in [4.78, 5) is 24.0. The van der Waals surface area contributed by atoms with E-state index in [0.29, 0.717) is 11.3 Å². The van der Waals surface area contributed by atoms with Crippen molar-refractivity contribution in [3.8, 4) is 0 Å². The molecule has 0 fully saturated rings. The van der Waals surface area contributed by atoms with Crippen LogP contribution in [-0.2, 0) is 4.79 Å². The third-order valence-electron chi connectivity index (χ3n) is 3.37. The van der Waals surface area contributed by atoms with Crippen molar-refractivity contribution in [2.24, 2.45) is 5.10 Å². The van der Waals surface area contributed by atoms with E-state index in [4.69, 9.17) is 4.42 Å². The molecule has 2 aromatic carbocycles. The lowest BCUT2D eigenvalue weighted by Gasteiger charge is -2.07. The van der Waals surface area contributed by atoms with Gasteiger partial charge in [0, 0.05) is 5.56 Å². The summed E-state index contributed by atoms with van der Waals surface area (Å²) in [6.45, 7) is -0.169. The van der Waals surface area contributed by atoms with Crippen molar-refractivity contribution in [2.45, 2.75) is 0 Å². The number of nitrogens with zero attached hydrogens (tertiary/aromatic N) is 1. The van der Waals surface area contributed by atoms with Crippen LogP contribution in [0, 0.1) is 0 Å². The molecule has 0 saturated carbocycles. The van der Waals surface area contributed by atoms with E-state index in [1.54, 1.807) is 18.2 Å². The fourth-order valence-corrected chi connectivity index (χ4v) is 2.25. The summed E-state index contributed by atoms with van der Waals surface area (Å²) in [6.07, 6.45) is 2.89. The Hall–Kier alpha value is -3.41. The number of carbonyl (C=O) groups excluding carboxylic acids is 2. The van der Waals surface area contributed by atoms with E-state index in [-0.39, 0.29) is 12.5 Å². The van der Waals surface area contributed by atoms with Crippen LogP contribution in [0.2, 0.25) is 0 Å². The van der Waals surface area contributed by atoms with Gasteiger partial charge in [0.05, 0.1) is 19.0 Å². The topological polar surface area (TPSA) is 83.7 Å². The zero-order valence-electron chi connectivity index (χ0n) is 12.7. The lowest BCUT2D eigenvalue weighted by Crippen LogP contribution is -2.35. The molecular weight excluding hydrogens is 306 g/mol. The molecule has 0 bridgehead atoms. The molecule has 6 heteroatoms. The van der Waals surface area contributed by atoms with E-state index in [9.17, 15) is 9.59 Å². The van der Waals surface area contributed by atoms with Crippen molar-refractivity contribution in [3.05, 3.63) is 72.2 Å². The second kappa shape index (κ2) is 7.23. The molecule has 0 radical (unpaired) electrons. The van der Waals surface area contributed by atoms with Gasteiger partial charge < -0.3 is 9.73 Å². The first-order chi connectivity index (χ1) is 11.7. The molecule has 1 heterocycles. The molecule has 0 unspecified atom stereocenters. The van der Waals surface area contributed by atoms with Gasteiger partial charge >= 0.3 is 0 Å². The quantitative estimate of drug-likeness (QED) is 0.559. The second-order valence-corrected chi connectivity index (χ2v) is 5.02. The monoisotopic (exact) mass is 321 g/mol. The van der Waals surface area contributed by atoms with Gasteiger partial charge in [-0.3, -0.25) is 9.59 Å². The van der Waals surface area contributed by atoms with Gasteiger partial charge in [-0.25, -0.2) is 5.43 Å². The molecular formula is C18H15N3O3. The maximum absolute atomic E-state index is 12.3. The third kappa shape index (κ3) is 3.67. The molecule has 0 aliphatic rings. The molecule has 24 heavy (non-hydrogen) atoms. The fraction of sp³-hybridized carbons (Fsp3) is 0.0556. The van der Waals surface area contributed by atoms with Crippen LogP contribution in [0.5, 0.6) is 0 Å². The first kappa shape index (κ1) is 15.5. The van der Waals surface area contributed by atoms with Crippen LogP contribution in [0.3, 0.4) is 0 Å². The number of nitrogens with one attached hydrogen (secondary N) is 2. The van der Waals surface area contributed by atoms with Gasteiger partial charge in [-0.15, -0.1) is 0 Å². The Balaban J connectivity index is 1.57. The minimum Gasteiger partial charge on any atom is -0.463 e. The van der Waals surface area contributed by atoms with Gasteiger partial charge in [-0.1, -0.05) is 36.4 Å². The van der Waals surface area contributed by atoms with Crippen LogP contribution in [0.25, 0.3) is 10.8 Å². The number of hydrogen-bond acceptors (Lipinski definition) is 4. The highest BCUT2D eigenvalue weighted by Gasteiger charge is 2.10. The van der Waals surface area contributed by atoms with Crippen LogP contribution >= 0.6 is 0 Å². The predicted octanol–water partition coefficient (Wildman–Crippen LogP) is 2.31. The fourth-order valence-electron chi connectivity index (χ4n) is 2.25. The first-order valence-corrected chi connectivity index (χ1v) is 7.35. The molecule has 0 saturated heterocycles. The lowest BCUT2D eigenvalue weighted by molar-refractivity contribution is -0.120. The third-order valence-corrected chi connectivity index (χ3v) is 3.37. The summed E-state index contributed by atoms with van der Waals surface area (Å²) < 4.78 is 5.04. The average molecular weight is 321 g/mol. The summed E-state index contributed by atoms with van der Waals surface area (Å²) in [5, 5.41) is 8.14. The number of hydrazone groups is 1. The highest BCUT2D eigenvalue weighted by atomic mass is 16.3. The van der Waals surface area contributed by atoms with Gasteiger partial charge in [0.2, 0.25) is 0 Å². The minimum atomic E-state index is -0.425. The van der Waals surface area contributed by atoms with Crippen molar-refractivity contribution < 1.29 is 14.0 Å². The zero-order valence-corrected chi connectivity index (χ0v) is 12.7. The molecule has 2 N–H and O–H groups in total. The molecule has 0 spiro atoms.